The maximum atomic E-state index is 4.10. The molecule has 1 saturated heterocycles. The summed E-state index contributed by atoms with van der Waals surface area (Å²) in [6.07, 6.45) is 3.94. The highest BCUT2D eigenvalue weighted by Crippen LogP contribution is 1.97. The third-order valence-electron chi connectivity index (χ3n) is 2.13. The van der Waals surface area contributed by atoms with Crippen LogP contribution in [0.4, 0.5) is 0 Å². The molecular formula is C8H14N4. The lowest BCUT2D eigenvalue weighted by atomic mass is 10.2. The predicted octanol–water partition coefficient (Wildman–Crippen LogP) is -0.518. The van der Waals surface area contributed by atoms with Crippen molar-refractivity contribution in [2.45, 2.75) is 12.6 Å². The molecule has 1 aliphatic rings. The van der Waals surface area contributed by atoms with E-state index in [1.165, 1.54) is 5.56 Å². The van der Waals surface area contributed by atoms with Gasteiger partial charge in [0.15, 0.2) is 0 Å². The maximum absolute atomic E-state index is 4.10. The fourth-order valence-electron chi connectivity index (χ4n) is 1.26. The molecule has 4 nitrogen and oxygen atoms in total. The molecule has 4 heteroatoms. The molecule has 1 fully saturated rings. The fraction of sp³-hybridized carbons (Fsp3) is 0.625. The Morgan fingerprint density at radius 1 is 1.75 bits per heavy atom. The topological polar surface area (TPSA) is 41.9 Å². The van der Waals surface area contributed by atoms with E-state index in [-0.39, 0.29) is 0 Å². The van der Waals surface area contributed by atoms with E-state index >= 15 is 0 Å². The molecule has 2 N–H and O–H groups in total. The summed E-state index contributed by atoms with van der Waals surface area (Å²) in [6, 6.07) is 0.658. The zero-order valence-corrected chi connectivity index (χ0v) is 7.25. The average molecular weight is 166 g/mol. The normalized spacial score (nSPS) is 17.8. The van der Waals surface area contributed by atoms with Crippen LogP contribution in [-0.2, 0) is 13.6 Å². The minimum atomic E-state index is 0.658. The van der Waals surface area contributed by atoms with Gasteiger partial charge in [0.2, 0.25) is 0 Å². The molecule has 2 heterocycles. The van der Waals surface area contributed by atoms with E-state index in [0.717, 1.165) is 19.6 Å². The van der Waals surface area contributed by atoms with Crippen LogP contribution < -0.4 is 10.6 Å². The molecule has 1 aliphatic heterocycles. The SMILES string of the molecule is Cn1cc(CNC2CNC2)cn1. The van der Waals surface area contributed by atoms with Gasteiger partial charge in [-0.1, -0.05) is 0 Å². The van der Waals surface area contributed by atoms with E-state index in [9.17, 15) is 0 Å². The Bertz CT molecular complexity index is 251. The first-order valence-electron chi connectivity index (χ1n) is 4.26. The van der Waals surface area contributed by atoms with E-state index in [1.807, 2.05) is 24.1 Å². The number of aryl methyl sites for hydroxylation is 1. The van der Waals surface area contributed by atoms with Gasteiger partial charge in [-0.2, -0.15) is 5.10 Å². The molecule has 66 valence electrons. The first-order chi connectivity index (χ1) is 5.84. The van der Waals surface area contributed by atoms with Crippen LogP contribution in [0.1, 0.15) is 5.56 Å². The van der Waals surface area contributed by atoms with E-state index in [4.69, 9.17) is 0 Å². The zero-order chi connectivity index (χ0) is 8.39. The lowest BCUT2D eigenvalue weighted by Gasteiger charge is -2.27. The van der Waals surface area contributed by atoms with Crippen LogP contribution in [-0.4, -0.2) is 28.9 Å². The third-order valence-corrected chi connectivity index (χ3v) is 2.13. The smallest absolute Gasteiger partial charge is 0.0534 e. The van der Waals surface area contributed by atoms with Crippen LogP contribution in [0.15, 0.2) is 12.4 Å². The van der Waals surface area contributed by atoms with Crippen LogP contribution in [0.25, 0.3) is 0 Å². The standard InChI is InChI=1S/C8H14N4/c1-12-6-7(3-11-12)2-10-8-4-9-5-8/h3,6,8-10H,2,4-5H2,1H3. The summed E-state index contributed by atoms with van der Waals surface area (Å²) in [4.78, 5) is 0. The van der Waals surface area contributed by atoms with Gasteiger partial charge in [-0.15, -0.1) is 0 Å². The quantitative estimate of drug-likeness (QED) is 0.635. The van der Waals surface area contributed by atoms with Crippen LogP contribution in [0.3, 0.4) is 0 Å². The van der Waals surface area contributed by atoms with Gasteiger partial charge in [-0.25, -0.2) is 0 Å². The highest BCUT2D eigenvalue weighted by atomic mass is 15.2. The van der Waals surface area contributed by atoms with Crippen molar-refractivity contribution in [1.29, 1.82) is 0 Å². The van der Waals surface area contributed by atoms with Crippen molar-refractivity contribution >= 4 is 0 Å². The lowest BCUT2D eigenvalue weighted by Crippen LogP contribution is -2.54. The summed E-state index contributed by atoms with van der Waals surface area (Å²) in [6.45, 7) is 3.13. The van der Waals surface area contributed by atoms with Crippen molar-refractivity contribution in [3.05, 3.63) is 18.0 Å². The van der Waals surface area contributed by atoms with Crippen molar-refractivity contribution in [1.82, 2.24) is 20.4 Å². The minimum absolute atomic E-state index is 0.658. The first kappa shape index (κ1) is 7.76. The molecule has 0 radical (unpaired) electrons. The highest BCUT2D eigenvalue weighted by molar-refractivity contribution is 5.03. The van der Waals surface area contributed by atoms with E-state index < -0.39 is 0 Å². The molecule has 0 saturated carbocycles. The summed E-state index contributed by atoms with van der Waals surface area (Å²) in [5.74, 6) is 0. The fourth-order valence-corrected chi connectivity index (χ4v) is 1.26. The molecule has 0 unspecified atom stereocenters. The molecule has 1 aromatic rings. The van der Waals surface area contributed by atoms with Crippen molar-refractivity contribution < 1.29 is 0 Å². The summed E-state index contributed by atoms with van der Waals surface area (Å²) < 4.78 is 1.83. The van der Waals surface area contributed by atoms with Gasteiger partial charge in [0.25, 0.3) is 0 Å². The molecule has 1 aromatic heterocycles. The number of hydrogen-bond donors (Lipinski definition) is 2. The molecule has 2 rings (SSSR count). The largest absolute Gasteiger partial charge is 0.314 e. The third kappa shape index (κ3) is 1.65. The minimum Gasteiger partial charge on any atom is -0.314 e. The summed E-state index contributed by atoms with van der Waals surface area (Å²) >= 11 is 0. The molecule has 12 heavy (non-hydrogen) atoms. The number of rotatable bonds is 3. The number of nitrogens with one attached hydrogen (secondary N) is 2. The van der Waals surface area contributed by atoms with Crippen molar-refractivity contribution in [2.75, 3.05) is 13.1 Å². The Morgan fingerprint density at radius 3 is 3.08 bits per heavy atom. The second-order valence-electron chi connectivity index (χ2n) is 3.26. The molecule has 0 aliphatic carbocycles. The van der Waals surface area contributed by atoms with Crippen LogP contribution >= 0.6 is 0 Å². The monoisotopic (exact) mass is 166 g/mol. The summed E-state index contributed by atoms with van der Waals surface area (Å²) in [5.41, 5.74) is 1.25. The molecule has 0 bridgehead atoms. The van der Waals surface area contributed by atoms with Crippen molar-refractivity contribution in [2.24, 2.45) is 7.05 Å². The van der Waals surface area contributed by atoms with E-state index in [1.54, 1.807) is 0 Å². The molecular weight excluding hydrogens is 152 g/mol. The Hall–Kier alpha value is -0.870. The van der Waals surface area contributed by atoms with Crippen LogP contribution in [0.5, 0.6) is 0 Å². The van der Waals surface area contributed by atoms with E-state index in [0.29, 0.717) is 6.04 Å². The van der Waals surface area contributed by atoms with Gasteiger partial charge in [0.1, 0.15) is 0 Å². The van der Waals surface area contributed by atoms with Crippen LogP contribution in [0, 0.1) is 0 Å². The van der Waals surface area contributed by atoms with Gasteiger partial charge in [-0.3, -0.25) is 4.68 Å². The van der Waals surface area contributed by atoms with Gasteiger partial charge < -0.3 is 10.6 Å². The lowest BCUT2D eigenvalue weighted by molar-refractivity contribution is 0.365. The number of hydrogen-bond acceptors (Lipinski definition) is 3. The Morgan fingerprint density at radius 2 is 2.58 bits per heavy atom. The number of aromatic nitrogens is 2. The molecule has 0 spiro atoms. The second-order valence-corrected chi connectivity index (χ2v) is 3.26. The summed E-state index contributed by atoms with van der Waals surface area (Å²) in [5, 5.41) is 10.8. The number of nitrogens with zero attached hydrogens (tertiary/aromatic N) is 2. The molecule has 0 aromatic carbocycles. The molecule has 0 atom stereocenters. The second kappa shape index (κ2) is 3.25. The van der Waals surface area contributed by atoms with Gasteiger partial charge in [0, 0.05) is 44.5 Å². The summed E-state index contributed by atoms with van der Waals surface area (Å²) in [7, 11) is 1.94. The molecule has 0 amide bonds. The average Bonchev–Trinajstić information content (AvgIpc) is 2.32. The first-order valence-corrected chi connectivity index (χ1v) is 4.26. The van der Waals surface area contributed by atoms with Gasteiger partial charge in [0.05, 0.1) is 6.20 Å². The van der Waals surface area contributed by atoms with Crippen molar-refractivity contribution in [3.8, 4) is 0 Å². The van der Waals surface area contributed by atoms with Crippen LogP contribution in [0.2, 0.25) is 0 Å². The van der Waals surface area contributed by atoms with Gasteiger partial charge >= 0.3 is 0 Å². The Kier molecular flexibility index (Phi) is 2.10. The predicted molar refractivity (Wildman–Crippen MR) is 46.7 cm³/mol. The van der Waals surface area contributed by atoms with E-state index in [2.05, 4.69) is 15.7 Å². The Balaban J connectivity index is 1.79. The van der Waals surface area contributed by atoms with Crippen molar-refractivity contribution in [3.63, 3.8) is 0 Å². The maximum Gasteiger partial charge on any atom is 0.0534 e. The van der Waals surface area contributed by atoms with Gasteiger partial charge in [-0.05, 0) is 0 Å². The Labute approximate surface area is 72.0 Å². The highest BCUT2D eigenvalue weighted by Gasteiger charge is 2.15. The zero-order valence-electron chi connectivity index (χ0n) is 7.25.